The highest BCUT2D eigenvalue weighted by Gasteiger charge is 2.16. The van der Waals surface area contributed by atoms with Gasteiger partial charge in [0.2, 0.25) is 0 Å². The molecule has 1 atom stereocenters. The maximum absolute atomic E-state index is 4.31. The fraction of sp³-hybridized carbons (Fsp3) is 0.188. The van der Waals surface area contributed by atoms with E-state index in [0.717, 1.165) is 0 Å². The van der Waals surface area contributed by atoms with E-state index in [-0.39, 0.29) is 6.04 Å². The van der Waals surface area contributed by atoms with Crippen LogP contribution in [0.3, 0.4) is 0 Å². The minimum Gasteiger partial charge on any atom is -0.309 e. The summed E-state index contributed by atoms with van der Waals surface area (Å²) in [6.45, 7) is 2.08. The topological polar surface area (TPSA) is 24.9 Å². The molecule has 0 fully saturated rings. The molecule has 96 valence electrons. The maximum atomic E-state index is 4.31. The second-order valence-electron chi connectivity index (χ2n) is 4.70. The van der Waals surface area contributed by atoms with Gasteiger partial charge >= 0.3 is 0 Å². The van der Waals surface area contributed by atoms with E-state index in [1.54, 1.807) is 11.3 Å². The quantitative estimate of drug-likeness (QED) is 0.779. The van der Waals surface area contributed by atoms with Gasteiger partial charge < -0.3 is 5.32 Å². The third-order valence-corrected chi connectivity index (χ3v) is 4.32. The Bertz CT molecular complexity index is 703. The van der Waals surface area contributed by atoms with Crippen LogP contribution in [0.1, 0.15) is 22.7 Å². The molecule has 2 nitrogen and oxygen atoms in total. The fourth-order valence-electron chi connectivity index (χ4n) is 2.46. The highest BCUT2D eigenvalue weighted by molar-refractivity contribution is 7.17. The van der Waals surface area contributed by atoms with E-state index in [0.29, 0.717) is 0 Å². The lowest BCUT2D eigenvalue weighted by Crippen LogP contribution is -2.17. The lowest BCUT2D eigenvalue weighted by Gasteiger charge is -2.16. The van der Waals surface area contributed by atoms with Gasteiger partial charge in [0.05, 0.1) is 6.04 Å². The third-order valence-electron chi connectivity index (χ3n) is 3.34. The number of rotatable bonds is 3. The van der Waals surface area contributed by atoms with Gasteiger partial charge in [0.15, 0.2) is 0 Å². The van der Waals surface area contributed by atoms with Crippen molar-refractivity contribution in [3.63, 3.8) is 0 Å². The van der Waals surface area contributed by atoms with Crippen LogP contribution in [0.4, 0.5) is 0 Å². The van der Waals surface area contributed by atoms with E-state index < -0.39 is 0 Å². The molecule has 1 N–H and O–H groups in total. The summed E-state index contributed by atoms with van der Waals surface area (Å²) in [7, 11) is 2.00. The number of nitrogens with one attached hydrogen (secondary N) is 1. The van der Waals surface area contributed by atoms with Gasteiger partial charge in [0, 0.05) is 17.1 Å². The van der Waals surface area contributed by atoms with E-state index in [1.165, 1.54) is 26.8 Å². The molecule has 19 heavy (non-hydrogen) atoms. The zero-order valence-corrected chi connectivity index (χ0v) is 11.9. The summed E-state index contributed by atoms with van der Waals surface area (Å²) in [5.41, 5.74) is 3.74. The van der Waals surface area contributed by atoms with Crippen molar-refractivity contribution in [3.05, 3.63) is 64.8 Å². The number of aryl methyl sites for hydroxylation is 1. The Morgan fingerprint density at radius 2 is 2.05 bits per heavy atom. The number of hydrogen-bond donors (Lipinski definition) is 1. The molecule has 0 aliphatic carbocycles. The first kappa shape index (κ1) is 12.3. The number of pyridine rings is 1. The predicted octanol–water partition coefficient (Wildman–Crippen LogP) is 3.91. The molecule has 0 bridgehead atoms. The molecule has 1 unspecified atom stereocenters. The normalized spacial score (nSPS) is 12.7. The van der Waals surface area contributed by atoms with Crippen LogP contribution < -0.4 is 5.32 Å². The van der Waals surface area contributed by atoms with Crippen molar-refractivity contribution < 1.29 is 0 Å². The standard InChI is InChI=1S/C16H16N2S/c1-11-7-12(9-18-8-11)16(17-2)14-10-19-15-6-4-3-5-13(14)15/h3-10,16-17H,1-2H3. The van der Waals surface area contributed by atoms with Crippen LogP contribution in [0.25, 0.3) is 10.1 Å². The van der Waals surface area contributed by atoms with Crippen molar-refractivity contribution in [2.75, 3.05) is 7.05 Å². The summed E-state index contributed by atoms with van der Waals surface area (Å²) >= 11 is 1.80. The van der Waals surface area contributed by atoms with Crippen LogP contribution in [-0.2, 0) is 0 Å². The van der Waals surface area contributed by atoms with E-state index in [4.69, 9.17) is 0 Å². The van der Waals surface area contributed by atoms with Crippen LogP contribution >= 0.6 is 11.3 Å². The van der Waals surface area contributed by atoms with Crippen molar-refractivity contribution in [1.82, 2.24) is 10.3 Å². The molecule has 3 heteroatoms. The molecule has 0 aliphatic rings. The summed E-state index contributed by atoms with van der Waals surface area (Å²) < 4.78 is 1.33. The van der Waals surface area contributed by atoms with E-state index >= 15 is 0 Å². The molecule has 2 aromatic heterocycles. The SMILES string of the molecule is CNC(c1cncc(C)c1)c1csc2ccccc12. The van der Waals surface area contributed by atoms with Gasteiger partial charge in [-0.3, -0.25) is 4.98 Å². The Kier molecular flexibility index (Phi) is 3.32. The second-order valence-corrected chi connectivity index (χ2v) is 5.62. The third kappa shape index (κ3) is 2.27. The smallest absolute Gasteiger partial charge is 0.0604 e. The van der Waals surface area contributed by atoms with Crippen molar-refractivity contribution in [1.29, 1.82) is 0 Å². The van der Waals surface area contributed by atoms with Crippen molar-refractivity contribution in [3.8, 4) is 0 Å². The largest absolute Gasteiger partial charge is 0.309 e. The van der Waals surface area contributed by atoms with Gasteiger partial charge in [-0.05, 0) is 47.5 Å². The Hall–Kier alpha value is -1.71. The van der Waals surface area contributed by atoms with Crippen molar-refractivity contribution in [2.24, 2.45) is 0 Å². The van der Waals surface area contributed by atoms with Gasteiger partial charge in [0.25, 0.3) is 0 Å². The summed E-state index contributed by atoms with van der Waals surface area (Å²) in [5.74, 6) is 0. The number of aromatic nitrogens is 1. The minimum atomic E-state index is 0.198. The zero-order chi connectivity index (χ0) is 13.2. The molecule has 0 amide bonds. The molecule has 0 aliphatic heterocycles. The van der Waals surface area contributed by atoms with E-state index in [9.17, 15) is 0 Å². The fourth-order valence-corrected chi connectivity index (χ4v) is 3.45. The van der Waals surface area contributed by atoms with Crippen LogP contribution in [0, 0.1) is 6.92 Å². The summed E-state index contributed by atoms with van der Waals surface area (Å²) in [4.78, 5) is 4.31. The first-order chi connectivity index (χ1) is 9.29. The van der Waals surface area contributed by atoms with Crippen LogP contribution in [0.2, 0.25) is 0 Å². The van der Waals surface area contributed by atoms with Gasteiger partial charge in [-0.1, -0.05) is 24.3 Å². The molecule has 0 radical (unpaired) electrons. The molecule has 0 saturated heterocycles. The number of benzene rings is 1. The summed E-state index contributed by atoms with van der Waals surface area (Å²) in [6.07, 6.45) is 3.84. The van der Waals surface area contributed by atoms with Gasteiger partial charge in [-0.25, -0.2) is 0 Å². The molecule has 3 rings (SSSR count). The Morgan fingerprint density at radius 3 is 2.84 bits per heavy atom. The summed E-state index contributed by atoms with van der Waals surface area (Å²) in [5, 5.41) is 6.98. The maximum Gasteiger partial charge on any atom is 0.0604 e. The average molecular weight is 268 g/mol. The second kappa shape index (κ2) is 5.11. The Balaban J connectivity index is 2.12. The summed E-state index contributed by atoms with van der Waals surface area (Å²) in [6, 6.07) is 10.9. The van der Waals surface area contributed by atoms with Gasteiger partial charge in [-0.15, -0.1) is 11.3 Å². The Morgan fingerprint density at radius 1 is 1.21 bits per heavy atom. The highest BCUT2D eigenvalue weighted by Crippen LogP contribution is 2.33. The Labute approximate surface area is 117 Å². The number of fused-ring (bicyclic) bond motifs is 1. The van der Waals surface area contributed by atoms with Gasteiger partial charge in [-0.2, -0.15) is 0 Å². The molecule has 0 spiro atoms. The van der Waals surface area contributed by atoms with Crippen LogP contribution in [0.15, 0.2) is 48.1 Å². The minimum absolute atomic E-state index is 0.198. The van der Waals surface area contributed by atoms with Crippen LogP contribution in [0.5, 0.6) is 0 Å². The first-order valence-electron chi connectivity index (χ1n) is 6.34. The zero-order valence-electron chi connectivity index (χ0n) is 11.1. The highest BCUT2D eigenvalue weighted by atomic mass is 32.1. The first-order valence-corrected chi connectivity index (χ1v) is 7.22. The van der Waals surface area contributed by atoms with Gasteiger partial charge in [0.1, 0.15) is 0 Å². The molecule has 3 aromatic rings. The van der Waals surface area contributed by atoms with Crippen molar-refractivity contribution >= 4 is 21.4 Å². The number of nitrogens with zero attached hydrogens (tertiary/aromatic N) is 1. The molecule has 2 heterocycles. The lowest BCUT2D eigenvalue weighted by molar-refractivity contribution is 0.695. The lowest BCUT2D eigenvalue weighted by atomic mass is 9.99. The molecule has 1 aromatic carbocycles. The van der Waals surface area contributed by atoms with Crippen molar-refractivity contribution in [2.45, 2.75) is 13.0 Å². The number of thiophene rings is 1. The molecular weight excluding hydrogens is 252 g/mol. The molecular formula is C16H16N2S. The van der Waals surface area contributed by atoms with E-state index in [2.05, 4.69) is 52.9 Å². The predicted molar refractivity (Wildman–Crippen MR) is 81.7 cm³/mol. The monoisotopic (exact) mass is 268 g/mol. The molecule has 0 saturated carbocycles. The van der Waals surface area contributed by atoms with E-state index in [1.807, 2.05) is 19.4 Å². The average Bonchev–Trinajstić information content (AvgIpc) is 2.84. The van der Waals surface area contributed by atoms with Crippen LogP contribution in [-0.4, -0.2) is 12.0 Å². The number of hydrogen-bond acceptors (Lipinski definition) is 3.